The SMILES string of the molecule is COc1cccc(-c2cc(-c3nc(-c4ccc5ccccc5c4)nc(-c4cccc5c4sc4ccccc45)n3)c3c(c2)oc2ccccc23)c1-c1ccccc1. The molecule has 11 aromatic rings. The lowest BCUT2D eigenvalue weighted by molar-refractivity contribution is 0.416. The zero-order valence-corrected chi connectivity index (χ0v) is 31.0. The second-order valence-corrected chi connectivity index (χ2v) is 14.9. The van der Waals surface area contributed by atoms with Gasteiger partial charge in [-0.05, 0) is 69.9 Å². The van der Waals surface area contributed by atoms with Gasteiger partial charge in [0.05, 0.1) is 7.11 Å². The maximum absolute atomic E-state index is 6.65. The average Bonchev–Trinajstić information content (AvgIpc) is 3.84. The molecule has 6 heteroatoms. The van der Waals surface area contributed by atoms with Crippen molar-refractivity contribution in [3.63, 3.8) is 0 Å². The van der Waals surface area contributed by atoms with Crippen LogP contribution in [0.1, 0.15) is 0 Å². The van der Waals surface area contributed by atoms with Crippen LogP contribution in [0.2, 0.25) is 0 Å². The van der Waals surface area contributed by atoms with Gasteiger partial charge in [0.15, 0.2) is 17.5 Å². The first-order valence-corrected chi connectivity index (χ1v) is 19.4. The number of thiophene rings is 1. The molecule has 0 N–H and O–H groups in total. The Labute approximate surface area is 326 Å². The third-order valence-electron chi connectivity index (χ3n) is 10.6. The number of benzene rings is 8. The Morgan fingerprint density at radius 1 is 0.464 bits per heavy atom. The van der Waals surface area contributed by atoms with E-state index in [2.05, 4.69) is 133 Å². The van der Waals surface area contributed by atoms with E-state index in [-0.39, 0.29) is 0 Å². The number of hydrogen-bond acceptors (Lipinski definition) is 6. The van der Waals surface area contributed by atoms with E-state index in [1.165, 1.54) is 15.5 Å². The molecule has 0 radical (unpaired) electrons. The van der Waals surface area contributed by atoms with Crippen LogP contribution in [0, 0.1) is 0 Å². The summed E-state index contributed by atoms with van der Waals surface area (Å²) < 4.78 is 15.0. The van der Waals surface area contributed by atoms with E-state index >= 15 is 0 Å². The Balaban J connectivity index is 1.22. The summed E-state index contributed by atoms with van der Waals surface area (Å²) in [5.41, 5.74) is 8.33. The van der Waals surface area contributed by atoms with Gasteiger partial charge in [-0.3, -0.25) is 0 Å². The van der Waals surface area contributed by atoms with E-state index in [9.17, 15) is 0 Å². The molecule has 264 valence electrons. The number of ether oxygens (including phenoxy) is 1. The predicted molar refractivity (Wildman–Crippen MR) is 231 cm³/mol. The van der Waals surface area contributed by atoms with E-state index in [4.69, 9.17) is 24.1 Å². The molecule has 0 saturated heterocycles. The number of nitrogens with zero attached hydrogens (tertiary/aromatic N) is 3. The molecule has 0 atom stereocenters. The summed E-state index contributed by atoms with van der Waals surface area (Å²) in [6.45, 7) is 0. The van der Waals surface area contributed by atoms with Gasteiger partial charge in [-0.25, -0.2) is 15.0 Å². The largest absolute Gasteiger partial charge is 0.496 e. The lowest BCUT2D eigenvalue weighted by atomic mass is 9.91. The first-order chi connectivity index (χ1) is 27.7. The number of para-hydroxylation sites is 1. The summed E-state index contributed by atoms with van der Waals surface area (Å²) in [4.78, 5) is 16.0. The fourth-order valence-corrected chi connectivity index (χ4v) is 9.24. The summed E-state index contributed by atoms with van der Waals surface area (Å²) in [7, 11) is 1.72. The highest BCUT2D eigenvalue weighted by Gasteiger charge is 2.23. The number of hydrogen-bond donors (Lipinski definition) is 0. The van der Waals surface area contributed by atoms with Gasteiger partial charge in [0.25, 0.3) is 0 Å². The van der Waals surface area contributed by atoms with Gasteiger partial charge in [-0.2, -0.15) is 0 Å². The zero-order chi connectivity index (χ0) is 37.2. The highest BCUT2D eigenvalue weighted by molar-refractivity contribution is 7.26. The van der Waals surface area contributed by atoms with Crippen LogP contribution in [0.25, 0.3) is 109 Å². The molecule has 8 aromatic carbocycles. The first kappa shape index (κ1) is 32.3. The van der Waals surface area contributed by atoms with E-state index in [1.54, 1.807) is 18.4 Å². The minimum Gasteiger partial charge on any atom is -0.496 e. The molecule has 0 amide bonds. The van der Waals surface area contributed by atoms with Crippen LogP contribution in [0.4, 0.5) is 0 Å². The van der Waals surface area contributed by atoms with Gasteiger partial charge in [0.2, 0.25) is 0 Å². The van der Waals surface area contributed by atoms with Gasteiger partial charge in [-0.1, -0.05) is 127 Å². The zero-order valence-electron chi connectivity index (χ0n) is 30.2. The molecule has 0 aliphatic heterocycles. The van der Waals surface area contributed by atoms with Crippen LogP contribution >= 0.6 is 11.3 Å². The molecule has 0 bridgehead atoms. The van der Waals surface area contributed by atoms with Crippen molar-refractivity contribution in [3.05, 3.63) is 170 Å². The highest BCUT2D eigenvalue weighted by atomic mass is 32.1. The van der Waals surface area contributed by atoms with E-state index in [0.29, 0.717) is 17.5 Å². The van der Waals surface area contributed by atoms with Gasteiger partial charge in [-0.15, -0.1) is 11.3 Å². The topological polar surface area (TPSA) is 61.0 Å². The van der Waals surface area contributed by atoms with Crippen molar-refractivity contribution in [3.8, 4) is 62.2 Å². The fraction of sp³-hybridized carbons (Fsp3) is 0.0200. The van der Waals surface area contributed by atoms with Crippen molar-refractivity contribution in [2.75, 3.05) is 7.11 Å². The number of fused-ring (bicyclic) bond motifs is 7. The third kappa shape index (κ3) is 5.26. The van der Waals surface area contributed by atoms with Gasteiger partial charge in [0.1, 0.15) is 16.9 Å². The standard InChI is InChI=1S/C50H31N3O2S/c1-54-42-23-12-19-35(45(42)31-14-3-2-4-15-31)34-28-40(46-38-18-7-9-22-41(38)55-43(46)29-34)50-52-48(33-26-25-30-13-5-6-16-32(30)27-33)51-49(53-50)39-21-11-20-37-36-17-8-10-24-44(36)56-47(37)39/h2-29H,1H3. The predicted octanol–water partition coefficient (Wildman–Crippen LogP) is 13.6. The normalized spacial score (nSPS) is 11.7. The summed E-state index contributed by atoms with van der Waals surface area (Å²) in [5, 5.41) is 6.65. The van der Waals surface area contributed by atoms with Crippen molar-refractivity contribution in [2.45, 2.75) is 0 Å². The van der Waals surface area contributed by atoms with E-state index in [0.717, 1.165) is 82.1 Å². The minimum absolute atomic E-state index is 0.568. The molecule has 0 unspecified atom stereocenters. The molecule has 0 aliphatic carbocycles. The molecule has 3 aromatic heterocycles. The molecule has 56 heavy (non-hydrogen) atoms. The van der Waals surface area contributed by atoms with Crippen molar-refractivity contribution in [1.29, 1.82) is 0 Å². The summed E-state index contributed by atoms with van der Waals surface area (Å²) in [6, 6.07) is 58.8. The molecule has 5 nitrogen and oxygen atoms in total. The van der Waals surface area contributed by atoms with Crippen molar-refractivity contribution in [2.24, 2.45) is 0 Å². The van der Waals surface area contributed by atoms with Crippen LogP contribution in [0.15, 0.2) is 174 Å². The van der Waals surface area contributed by atoms with Gasteiger partial charge >= 0.3 is 0 Å². The molecule has 0 spiro atoms. The molecular formula is C50H31N3O2S. The van der Waals surface area contributed by atoms with Crippen LogP contribution < -0.4 is 4.74 Å². The number of methoxy groups -OCH3 is 1. The van der Waals surface area contributed by atoms with Crippen molar-refractivity contribution in [1.82, 2.24) is 15.0 Å². The van der Waals surface area contributed by atoms with Gasteiger partial charge in [0, 0.05) is 53.2 Å². The number of furan rings is 1. The quantitative estimate of drug-likeness (QED) is 0.170. The third-order valence-corrected chi connectivity index (χ3v) is 11.8. The summed E-state index contributed by atoms with van der Waals surface area (Å²) in [6.07, 6.45) is 0. The Hall–Kier alpha value is -7.15. The molecule has 3 heterocycles. The number of aromatic nitrogens is 3. The molecule has 11 rings (SSSR count). The molecule has 0 fully saturated rings. The Morgan fingerprint density at radius 3 is 2.04 bits per heavy atom. The molecule has 0 aliphatic rings. The Kier molecular flexibility index (Phi) is 7.50. The average molecular weight is 738 g/mol. The molecular weight excluding hydrogens is 707 g/mol. The first-order valence-electron chi connectivity index (χ1n) is 18.5. The smallest absolute Gasteiger partial charge is 0.165 e. The maximum atomic E-state index is 6.65. The lowest BCUT2D eigenvalue weighted by Crippen LogP contribution is -2.01. The summed E-state index contributed by atoms with van der Waals surface area (Å²) in [5.74, 6) is 2.58. The second-order valence-electron chi connectivity index (χ2n) is 13.9. The Bertz CT molecular complexity index is 3310. The van der Waals surface area contributed by atoms with E-state index < -0.39 is 0 Å². The maximum Gasteiger partial charge on any atom is 0.165 e. The van der Waals surface area contributed by atoms with Crippen LogP contribution in [0.3, 0.4) is 0 Å². The van der Waals surface area contributed by atoms with Crippen LogP contribution in [-0.4, -0.2) is 22.1 Å². The van der Waals surface area contributed by atoms with E-state index in [1.807, 2.05) is 36.4 Å². The fourth-order valence-electron chi connectivity index (χ4n) is 8.03. The second kappa shape index (κ2) is 13.0. The van der Waals surface area contributed by atoms with Crippen molar-refractivity contribution >= 4 is 64.2 Å². The highest BCUT2D eigenvalue weighted by Crippen LogP contribution is 2.45. The minimum atomic E-state index is 0.568. The summed E-state index contributed by atoms with van der Waals surface area (Å²) >= 11 is 1.77. The molecule has 0 saturated carbocycles. The lowest BCUT2D eigenvalue weighted by Gasteiger charge is -2.16. The number of rotatable bonds is 6. The Morgan fingerprint density at radius 2 is 1.16 bits per heavy atom. The van der Waals surface area contributed by atoms with Crippen LogP contribution in [0.5, 0.6) is 5.75 Å². The van der Waals surface area contributed by atoms with Gasteiger partial charge < -0.3 is 9.15 Å². The van der Waals surface area contributed by atoms with Crippen LogP contribution in [-0.2, 0) is 0 Å². The monoisotopic (exact) mass is 737 g/mol. The van der Waals surface area contributed by atoms with Crippen molar-refractivity contribution < 1.29 is 9.15 Å².